The number of aliphatic hydroxyl groups excluding tert-OH is 1. The molecule has 0 bridgehead atoms. The number of aliphatic hydroxyl groups is 1. The van der Waals surface area contributed by atoms with E-state index < -0.39 is 0 Å². The van der Waals surface area contributed by atoms with Gasteiger partial charge in [0.1, 0.15) is 5.75 Å². The fraction of sp³-hybridized carbons (Fsp3) is 0.500. The molecule has 0 saturated carbocycles. The molecule has 0 aliphatic carbocycles. The Labute approximate surface area is 129 Å². The van der Waals surface area contributed by atoms with E-state index in [0.29, 0.717) is 18.6 Å². The first-order valence-corrected chi connectivity index (χ1v) is 7.45. The number of nitrogens with one attached hydrogen (secondary N) is 2. The van der Waals surface area contributed by atoms with Crippen molar-refractivity contribution in [3.05, 3.63) is 23.8 Å². The summed E-state index contributed by atoms with van der Waals surface area (Å²) < 4.78 is 5.45. The number of carbonyl (C=O) groups excluding carboxylic acids is 2. The summed E-state index contributed by atoms with van der Waals surface area (Å²) in [5.41, 5.74) is 1.81. The summed E-state index contributed by atoms with van der Waals surface area (Å²) >= 11 is 0. The van der Waals surface area contributed by atoms with Crippen molar-refractivity contribution in [2.24, 2.45) is 5.92 Å². The molecule has 1 aliphatic heterocycles. The standard InChI is InChI=1S/C16H22N2O4/c1-10(2)14(8-19)18-16(21)9-22-12-5-3-11-4-6-15(20)17-13(11)7-12/h3,5,7,10,14,19H,4,6,8-9H2,1-2H3,(H,17,20)(H,18,21)/t14-/m0/s1. The van der Waals surface area contributed by atoms with Gasteiger partial charge in [0.15, 0.2) is 6.61 Å². The van der Waals surface area contributed by atoms with Crippen molar-refractivity contribution in [1.82, 2.24) is 5.32 Å². The molecular weight excluding hydrogens is 284 g/mol. The maximum Gasteiger partial charge on any atom is 0.258 e. The number of benzene rings is 1. The van der Waals surface area contributed by atoms with Gasteiger partial charge in [0, 0.05) is 18.2 Å². The highest BCUT2D eigenvalue weighted by Crippen LogP contribution is 2.27. The quantitative estimate of drug-likeness (QED) is 0.734. The molecule has 120 valence electrons. The van der Waals surface area contributed by atoms with Crippen LogP contribution in [0.4, 0.5) is 5.69 Å². The Kier molecular flexibility index (Phi) is 5.38. The van der Waals surface area contributed by atoms with Gasteiger partial charge in [0.25, 0.3) is 5.91 Å². The maximum atomic E-state index is 11.8. The van der Waals surface area contributed by atoms with Crippen LogP contribution < -0.4 is 15.4 Å². The highest BCUT2D eigenvalue weighted by Gasteiger charge is 2.17. The lowest BCUT2D eigenvalue weighted by atomic mass is 10.0. The Morgan fingerprint density at radius 1 is 1.41 bits per heavy atom. The van der Waals surface area contributed by atoms with Gasteiger partial charge < -0.3 is 20.5 Å². The molecule has 1 aromatic carbocycles. The minimum Gasteiger partial charge on any atom is -0.484 e. The predicted molar refractivity (Wildman–Crippen MR) is 82.7 cm³/mol. The van der Waals surface area contributed by atoms with Gasteiger partial charge in [-0.1, -0.05) is 19.9 Å². The molecule has 2 amide bonds. The number of hydrogen-bond acceptors (Lipinski definition) is 4. The van der Waals surface area contributed by atoms with Gasteiger partial charge in [0.05, 0.1) is 12.6 Å². The molecular formula is C16H22N2O4. The van der Waals surface area contributed by atoms with Crippen LogP contribution in [0.15, 0.2) is 18.2 Å². The smallest absolute Gasteiger partial charge is 0.258 e. The summed E-state index contributed by atoms with van der Waals surface area (Å²) in [6.45, 7) is 3.62. The molecule has 3 N–H and O–H groups in total. The maximum absolute atomic E-state index is 11.8. The van der Waals surface area contributed by atoms with Crippen molar-refractivity contribution in [3.63, 3.8) is 0 Å². The molecule has 1 aromatic rings. The lowest BCUT2D eigenvalue weighted by Crippen LogP contribution is -2.43. The fourth-order valence-corrected chi connectivity index (χ4v) is 2.26. The molecule has 2 rings (SSSR count). The van der Waals surface area contributed by atoms with Gasteiger partial charge in [-0.05, 0) is 24.0 Å². The SMILES string of the molecule is CC(C)[C@H](CO)NC(=O)COc1ccc2c(c1)NC(=O)CC2. The molecule has 1 heterocycles. The van der Waals surface area contributed by atoms with Crippen molar-refractivity contribution in [1.29, 1.82) is 0 Å². The van der Waals surface area contributed by atoms with Crippen molar-refractivity contribution in [3.8, 4) is 5.75 Å². The highest BCUT2D eigenvalue weighted by atomic mass is 16.5. The Morgan fingerprint density at radius 3 is 2.86 bits per heavy atom. The number of anilines is 1. The van der Waals surface area contributed by atoms with Crippen LogP contribution in [0, 0.1) is 5.92 Å². The Morgan fingerprint density at radius 2 is 2.18 bits per heavy atom. The predicted octanol–water partition coefficient (Wildman–Crippen LogP) is 1.08. The van der Waals surface area contributed by atoms with Gasteiger partial charge in [-0.15, -0.1) is 0 Å². The molecule has 0 saturated heterocycles. The summed E-state index contributed by atoms with van der Waals surface area (Å²) in [5, 5.41) is 14.7. The third-order valence-electron chi connectivity index (χ3n) is 3.69. The average molecular weight is 306 g/mol. The summed E-state index contributed by atoms with van der Waals surface area (Å²) in [6.07, 6.45) is 1.21. The largest absolute Gasteiger partial charge is 0.484 e. The van der Waals surface area contributed by atoms with E-state index in [1.165, 1.54) is 0 Å². The van der Waals surface area contributed by atoms with Crippen LogP contribution in [0.25, 0.3) is 0 Å². The first kappa shape index (κ1) is 16.3. The molecule has 0 fully saturated rings. The average Bonchev–Trinajstić information content (AvgIpc) is 2.49. The third-order valence-corrected chi connectivity index (χ3v) is 3.69. The van der Waals surface area contributed by atoms with Crippen LogP contribution in [0.5, 0.6) is 5.75 Å². The Bertz CT molecular complexity index is 557. The molecule has 1 atom stereocenters. The zero-order chi connectivity index (χ0) is 16.1. The van der Waals surface area contributed by atoms with Crippen LogP contribution in [-0.4, -0.2) is 36.2 Å². The molecule has 6 heteroatoms. The van der Waals surface area contributed by atoms with Gasteiger partial charge in [0.2, 0.25) is 5.91 Å². The van der Waals surface area contributed by atoms with E-state index in [0.717, 1.165) is 11.3 Å². The molecule has 0 spiro atoms. The molecule has 1 aliphatic rings. The van der Waals surface area contributed by atoms with Gasteiger partial charge in [-0.2, -0.15) is 0 Å². The summed E-state index contributed by atoms with van der Waals surface area (Å²) in [5.74, 6) is 0.383. The van der Waals surface area contributed by atoms with Gasteiger partial charge in [-0.3, -0.25) is 9.59 Å². The topological polar surface area (TPSA) is 87.7 Å². The first-order chi connectivity index (χ1) is 10.5. The normalized spacial score (nSPS) is 15.0. The molecule has 22 heavy (non-hydrogen) atoms. The number of rotatable bonds is 6. The van der Waals surface area contributed by atoms with Crippen molar-refractivity contribution >= 4 is 17.5 Å². The lowest BCUT2D eigenvalue weighted by Gasteiger charge is -2.20. The monoisotopic (exact) mass is 306 g/mol. The summed E-state index contributed by atoms with van der Waals surface area (Å²) in [4.78, 5) is 23.2. The van der Waals surface area contributed by atoms with E-state index in [-0.39, 0.29) is 37.0 Å². The van der Waals surface area contributed by atoms with Crippen LogP contribution >= 0.6 is 0 Å². The molecule has 0 aromatic heterocycles. The minimum atomic E-state index is -0.283. The van der Waals surface area contributed by atoms with E-state index in [9.17, 15) is 14.7 Å². The van der Waals surface area contributed by atoms with E-state index in [4.69, 9.17) is 4.74 Å². The van der Waals surface area contributed by atoms with Crippen molar-refractivity contribution in [2.75, 3.05) is 18.5 Å². The van der Waals surface area contributed by atoms with Crippen LogP contribution in [0.3, 0.4) is 0 Å². The number of ether oxygens (including phenoxy) is 1. The third kappa shape index (κ3) is 4.21. The lowest BCUT2D eigenvalue weighted by molar-refractivity contribution is -0.124. The Hall–Kier alpha value is -2.08. The summed E-state index contributed by atoms with van der Waals surface area (Å²) in [6, 6.07) is 5.13. The second-order valence-electron chi connectivity index (χ2n) is 5.76. The number of carbonyl (C=O) groups is 2. The van der Waals surface area contributed by atoms with E-state index in [2.05, 4.69) is 10.6 Å². The second kappa shape index (κ2) is 7.26. The highest BCUT2D eigenvalue weighted by molar-refractivity contribution is 5.94. The fourth-order valence-electron chi connectivity index (χ4n) is 2.26. The molecule has 6 nitrogen and oxygen atoms in total. The minimum absolute atomic E-state index is 0.00915. The Balaban J connectivity index is 1.90. The summed E-state index contributed by atoms with van der Waals surface area (Å²) in [7, 11) is 0. The first-order valence-electron chi connectivity index (χ1n) is 7.45. The number of hydrogen-bond donors (Lipinski definition) is 3. The molecule has 0 radical (unpaired) electrons. The van der Waals surface area contributed by atoms with Crippen LogP contribution in [0.1, 0.15) is 25.8 Å². The molecule has 0 unspecified atom stereocenters. The number of fused-ring (bicyclic) bond motifs is 1. The van der Waals surface area contributed by atoms with Gasteiger partial charge in [-0.25, -0.2) is 0 Å². The number of amides is 2. The van der Waals surface area contributed by atoms with E-state index >= 15 is 0 Å². The van der Waals surface area contributed by atoms with E-state index in [1.54, 1.807) is 12.1 Å². The van der Waals surface area contributed by atoms with Crippen LogP contribution in [-0.2, 0) is 16.0 Å². The number of aryl methyl sites for hydroxylation is 1. The van der Waals surface area contributed by atoms with Crippen molar-refractivity contribution < 1.29 is 19.4 Å². The second-order valence-corrected chi connectivity index (χ2v) is 5.76. The zero-order valence-corrected chi connectivity index (χ0v) is 12.9. The zero-order valence-electron chi connectivity index (χ0n) is 12.9. The van der Waals surface area contributed by atoms with Crippen LogP contribution in [0.2, 0.25) is 0 Å². The van der Waals surface area contributed by atoms with Crippen molar-refractivity contribution in [2.45, 2.75) is 32.7 Å². The van der Waals surface area contributed by atoms with Gasteiger partial charge >= 0.3 is 0 Å². The van der Waals surface area contributed by atoms with E-state index in [1.807, 2.05) is 19.9 Å².